The molecule has 3 heteroatoms. The van der Waals surface area contributed by atoms with Crippen molar-refractivity contribution in [3.63, 3.8) is 0 Å². The molecule has 1 N–H and O–H groups in total. The highest BCUT2D eigenvalue weighted by atomic mass is 19.1. The van der Waals surface area contributed by atoms with Crippen LogP contribution in [-0.2, 0) is 0 Å². The minimum absolute atomic E-state index is 0.0886. The number of nitrogens with one attached hydrogen (secondary N) is 1. The van der Waals surface area contributed by atoms with Gasteiger partial charge in [-0.3, -0.25) is 0 Å². The predicted octanol–water partition coefficient (Wildman–Crippen LogP) is 3.82. The first-order valence-corrected chi connectivity index (χ1v) is 6.26. The van der Waals surface area contributed by atoms with Gasteiger partial charge < -0.3 is 9.73 Å². The van der Waals surface area contributed by atoms with Gasteiger partial charge in [-0.05, 0) is 49.7 Å². The lowest BCUT2D eigenvalue weighted by molar-refractivity contribution is 0.429. The van der Waals surface area contributed by atoms with Crippen LogP contribution in [-0.4, -0.2) is 6.54 Å². The highest BCUT2D eigenvalue weighted by molar-refractivity contribution is 5.27. The summed E-state index contributed by atoms with van der Waals surface area (Å²) in [4.78, 5) is 0. The summed E-state index contributed by atoms with van der Waals surface area (Å²) in [7, 11) is 0. The van der Waals surface area contributed by atoms with Gasteiger partial charge >= 0.3 is 0 Å². The molecule has 0 aliphatic rings. The molecule has 0 aliphatic carbocycles. The van der Waals surface area contributed by atoms with Gasteiger partial charge in [0.1, 0.15) is 17.3 Å². The van der Waals surface area contributed by atoms with E-state index in [1.165, 1.54) is 6.07 Å². The van der Waals surface area contributed by atoms with E-state index in [2.05, 4.69) is 12.2 Å². The lowest BCUT2D eigenvalue weighted by Gasteiger charge is -2.16. The second kappa shape index (κ2) is 5.83. The van der Waals surface area contributed by atoms with E-state index >= 15 is 0 Å². The lowest BCUT2D eigenvalue weighted by atomic mass is 10.0. The molecule has 96 valence electrons. The van der Waals surface area contributed by atoms with Gasteiger partial charge in [0.05, 0.1) is 6.04 Å². The van der Waals surface area contributed by atoms with Crippen LogP contribution in [0, 0.1) is 12.7 Å². The van der Waals surface area contributed by atoms with Crippen LogP contribution in [0.1, 0.15) is 36.5 Å². The van der Waals surface area contributed by atoms with Gasteiger partial charge in [-0.2, -0.15) is 0 Å². The zero-order valence-corrected chi connectivity index (χ0v) is 10.7. The number of furan rings is 1. The summed E-state index contributed by atoms with van der Waals surface area (Å²) in [5, 5.41) is 3.38. The van der Waals surface area contributed by atoms with Crippen LogP contribution in [0.25, 0.3) is 0 Å². The van der Waals surface area contributed by atoms with Crippen molar-refractivity contribution in [3.05, 3.63) is 59.3 Å². The normalized spacial score (nSPS) is 12.6. The van der Waals surface area contributed by atoms with Crippen molar-refractivity contribution in [2.45, 2.75) is 26.3 Å². The number of hydrogen-bond donors (Lipinski definition) is 1. The molecule has 2 nitrogen and oxygen atoms in total. The van der Waals surface area contributed by atoms with Crippen molar-refractivity contribution in [2.24, 2.45) is 0 Å². The molecule has 0 radical (unpaired) electrons. The highest BCUT2D eigenvalue weighted by Gasteiger charge is 2.17. The first kappa shape index (κ1) is 12.8. The molecule has 18 heavy (non-hydrogen) atoms. The number of aryl methyl sites for hydroxylation is 1. The molecule has 1 atom stereocenters. The fourth-order valence-electron chi connectivity index (χ4n) is 1.97. The van der Waals surface area contributed by atoms with E-state index in [4.69, 9.17) is 4.42 Å². The van der Waals surface area contributed by atoms with Crippen LogP contribution in [0.4, 0.5) is 4.39 Å². The lowest BCUT2D eigenvalue weighted by Crippen LogP contribution is -2.22. The SMILES string of the molecule is CCCNC(c1cccc(F)c1)c1ccc(C)o1. The topological polar surface area (TPSA) is 25.2 Å². The molecular formula is C15H18FNO. The molecule has 0 saturated heterocycles. The summed E-state index contributed by atoms with van der Waals surface area (Å²) in [5.41, 5.74) is 0.887. The van der Waals surface area contributed by atoms with Crippen LogP contribution in [0.15, 0.2) is 40.8 Å². The van der Waals surface area contributed by atoms with Crippen LogP contribution in [0.3, 0.4) is 0 Å². The monoisotopic (exact) mass is 247 g/mol. The Hall–Kier alpha value is -1.61. The first-order valence-electron chi connectivity index (χ1n) is 6.26. The molecule has 0 amide bonds. The third-order valence-corrected chi connectivity index (χ3v) is 2.83. The third kappa shape index (κ3) is 2.99. The molecule has 0 bridgehead atoms. The van der Waals surface area contributed by atoms with Crippen molar-refractivity contribution in [2.75, 3.05) is 6.54 Å². The Morgan fingerprint density at radius 1 is 1.28 bits per heavy atom. The average Bonchev–Trinajstić information content (AvgIpc) is 2.76. The fraction of sp³-hybridized carbons (Fsp3) is 0.333. The predicted molar refractivity (Wildman–Crippen MR) is 70.0 cm³/mol. The zero-order chi connectivity index (χ0) is 13.0. The molecule has 1 heterocycles. The smallest absolute Gasteiger partial charge is 0.125 e. The van der Waals surface area contributed by atoms with Crippen molar-refractivity contribution in [1.29, 1.82) is 0 Å². The molecule has 0 saturated carbocycles. The summed E-state index contributed by atoms with van der Waals surface area (Å²) >= 11 is 0. The molecule has 2 rings (SSSR count). The van der Waals surface area contributed by atoms with E-state index in [9.17, 15) is 4.39 Å². The second-order valence-corrected chi connectivity index (χ2v) is 4.39. The van der Waals surface area contributed by atoms with Gasteiger partial charge in [-0.1, -0.05) is 19.1 Å². The summed E-state index contributed by atoms with van der Waals surface area (Å²) in [6.07, 6.45) is 1.02. The fourth-order valence-corrected chi connectivity index (χ4v) is 1.97. The van der Waals surface area contributed by atoms with Crippen LogP contribution >= 0.6 is 0 Å². The Balaban J connectivity index is 2.30. The van der Waals surface area contributed by atoms with E-state index in [1.54, 1.807) is 12.1 Å². The van der Waals surface area contributed by atoms with Crippen LogP contribution in [0.5, 0.6) is 0 Å². The maximum Gasteiger partial charge on any atom is 0.125 e. The molecule has 0 aliphatic heterocycles. The number of rotatable bonds is 5. The Morgan fingerprint density at radius 2 is 2.11 bits per heavy atom. The van der Waals surface area contributed by atoms with E-state index in [0.29, 0.717) is 0 Å². The molecule has 0 spiro atoms. The number of benzene rings is 1. The molecule has 1 aromatic heterocycles. The van der Waals surface area contributed by atoms with Gasteiger partial charge in [0, 0.05) is 0 Å². The van der Waals surface area contributed by atoms with Crippen molar-refractivity contribution >= 4 is 0 Å². The van der Waals surface area contributed by atoms with E-state index in [1.807, 2.05) is 25.1 Å². The quantitative estimate of drug-likeness (QED) is 0.869. The van der Waals surface area contributed by atoms with Crippen molar-refractivity contribution in [3.8, 4) is 0 Å². The Labute approximate surface area is 107 Å². The Bertz CT molecular complexity index is 507. The van der Waals surface area contributed by atoms with Crippen molar-refractivity contribution < 1.29 is 8.81 Å². The van der Waals surface area contributed by atoms with E-state index in [-0.39, 0.29) is 11.9 Å². The second-order valence-electron chi connectivity index (χ2n) is 4.39. The van der Waals surface area contributed by atoms with Gasteiger partial charge in [-0.15, -0.1) is 0 Å². The largest absolute Gasteiger partial charge is 0.464 e. The highest BCUT2D eigenvalue weighted by Crippen LogP contribution is 2.24. The standard InChI is InChI=1S/C15H18FNO/c1-3-9-17-15(14-8-7-11(2)18-14)12-5-4-6-13(16)10-12/h4-8,10,15,17H,3,9H2,1-2H3. The summed E-state index contributed by atoms with van der Waals surface area (Å²) < 4.78 is 19.0. The molecule has 2 aromatic rings. The molecule has 1 aromatic carbocycles. The number of halogens is 1. The number of hydrogen-bond acceptors (Lipinski definition) is 2. The Morgan fingerprint density at radius 3 is 2.72 bits per heavy atom. The van der Waals surface area contributed by atoms with Gasteiger partial charge in [0.15, 0.2) is 0 Å². The third-order valence-electron chi connectivity index (χ3n) is 2.83. The Kier molecular flexibility index (Phi) is 4.15. The van der Waals surface area contributed by atoms with Gasteiger partial charge in [-0.25, -0.2) is 4.39 Å². The minimum Gasteiger partial charge on any atom is -0.464 e. The first-order chi connectivity index (χ1) is 8.70. The molecular weight excluding hydrogens is 229 g/mol. The summed E-state index contributed by atoms with van der Waals surface area (Å²) in [6, 6.07) is 10.4. The van der Waals surface area contributed by atoms with Gasteiger partial charge in [0.25, 0.3) is 0 Å². The maximum absolute atomic E-state index is 13.3. The summed E-state index contributed by atoms with van der Waals surface area (Å²) in [6.45, 7) is 4.87. The van der Waals surface area contributed by atoms with Crippen LogP contribution < -0.4 is 5.32 Å². The van der Waals surface area contributed by atoms with Crippen molar-refractivity contribution in [1.82, 2.24) is 5.32 Å². The minimum atomic E-state index is -0.223. The molecule has 1 unspecified atom stereocenters. The summed E-state index contributed by atoms with van der Waals surface area (Å²) in [5.74, 6) is 1.47. The average molecular weight is 247 g/mol. The van der Waals surface area contributed by atoms with E-state index < -0.39 is 0 Å². The van der Waals surface area contributed by atoms with Crippen LogP contribution in [0.2, 0.25) is 0 Å². The maximum atomic E-state index is 13.3. The zero-order valence-electron chi connectivity index (χ0n) is 10.7. The van der Waals surface area contributed by atoms with Gasteiger partial charge in [0.2, 0.25) is 0 Å². The molecule has 0 fully saturated rings. The van der Waals surface area contributed by atoms with E-state index in [0.717, 1.165) is 30.0 Å².